The lowest BCUT2D eigenvalue weighted by molar-refractivity contribution is -0.117. The van der Waals surface area contributed by atoms with Crippen LogP contribution in [0, 0.1) is 11.8 Å². The van der Waals surface area contributed by atoms with Gasteiger partial charge in [0.15, 0.2) is 0 Å². The van der Waals surface area contributed by atoms with Crippen molar-refractivity contribution in [3.8, 4) is 0 Å². The van der Waals surface area contributed by atoms with Gasteiger partial charge in [0, 0.05) is 18.8 Å². The first-order chi connectivity index (χ1) is 12.3. The van der Waals surface area contributed by atoms with Gasteiger partial charge < -0.3 is 5.32 Å². The minimum atomic E-state index is -3.48. The third-order valence-electron chi connectivity index (χ3n) is 5.18. The van der Waals surface area contributed by atoms with Crippen LogP contribution in [0.25, 0.3) is 0 Å². The van der Waals surface area contributed by atoms with E-state index >= 15 is 0 Å². The zero-order valence-corrected chi connectivity index (χ0v) is 16.5. The van der Waals surface area contributed by atoms with Crippen molar-refractivity contribution in [1.82, 2.24) is 9.21 Å². The molecule has 0 radical (unpaired) electrons. The molecule has 0 unspecified atom stereocenters. The summed E-state index contributed by atoms with van der Waals surface area (Å²) in [6, 6.07) is 6.52. The Hall–Kier alpha value is -1.44. The van der Waals surface area contributed by atoms with Crippen molar-refractivity contribution < 1.29 is 13.2 Å². The summed E-state index contributed by atoms with van der Waals surface area (Å²) in [4.78, 5) is 14.5. The van der Waals surface area contributed by atoms with Gasteiger partial charge in [0.05, 0.1) is 11.4 Å². The summed E-state index contributed by atoms with van der Waals surface area (Å²) >= 11 is 0. The topological polar surface area (TPSA) is 69.7 Å². The summed E-state index contributed by atoms with van der Waals surface area (Å²) in [5, 5.41) is 2.85. The molecule has 7 heteroatoms. The lowest BCUT2D eigenvalue weighted by atomic mass is 9.94. The Morgan fingerprint density at radius 3 is 2.23 bits per heavy atom. The van der Waals surface area contributed by atoms with Crippen molar-refractivity contribution in [2.24, 2.45) is 11.8 Å². The molecule has 1 aromatic carbocycles. The third-order valence-corrected chi connectivity index (χ3v) is 7.02. The zero-order chi connectivity index (χ0) is 18.7. The number of sulfonamides is 1. The maximum atomic E-state index is 12.9. The van der Waals surface area contributed by atoms with Crippen LogP contribution in [0.15, 0.2) is 29.2 Å². The summed E-state index contributed by atoms with van der Waals surface area (Å²) < 4.78 is 27.3. The molecule has 1 aromatic rings. The maximum absolute atomic E-state index is 12.9. The average molecular weight is 380 g/mol. The molecular weight excluding hydrogens is 350 g/mol. The maximum Gasteiger partial charge on any atom is 0.243 e. The predicted octanol–water partition coefficient (Wildman–Crippen LogP) is 2.39. The van der Waals surface area contributed by atoms with Gasteiger partial charge >= 0.3 is 0 Å². The number of hydrogen-bond acceptors (Lipinski definition) is 4. The van der Waals surface area contributed by atoms with Gasteiger partial charge in [-0.2, -0.15) is 4.31 Å². The largest absolute Gasteiger partial charge is 0.325 e. The van der Waals surface area contributed by atoms with Crippen LogP contribution in [-0.4, -0.2) is 56.3 Å². The number of anilines is 1. The van der Waals surface area contributed by atoms with E-state index in [4.69, 9.17) is 0 Å². The summed E-state index contributed by atoms with van der Waals surface area (Å²) in [7, 11) is -3.48. The van der Waals surface area contributed by atoms with Crippen LogP contribution in [0.4, 0.5) is 5.69 Å². The minimum Gasteiger partial charge on any atom is -0.325 e. The summed E-state index contributed by atoms with van der Waals surface area (Å²) in [5.74, 6) is 0.691. The lowest BCUT2D eigenvalue weighted by Gasteiger charge is -2.34. The van der Waals surface area contributed by atoms with E-state index in [-0.39, 0.29) is 10.8 Å². The number of carbonyl (C=O) groups excluding carboxylic acids is 1. The first-order valence-electron chi connectivity index (χ1n) is 9.47. The number of hydrogen-bond donors (Lipinski definition) is 1. The fourth-order valence-corrected chi connectivity index (χ4v) is 5.69. The highest BCUT2D eigenvalue weighted by Crippen LogP contribution is 2.27. The van der Waals surface area contributed by atoms with Crippen LogP contribution >= 0.6 is 0 Å². The second kappa shape index (κ2) is 8.06. The second-order valence-corrected chi connectivity index (χ2v) is 9.76. The number of benzene rings is 1. The molecule has 6 nitrogen and oxygen atoms in total. The van der Waals surface area contributed by atoms with E-state index in [9.17, 15) is 13.2 Å². The number of nitrogens with zero attached hydrogens (tertiary/aromatic N) is 2. The highest BCUT2D eigenvalue weighted by molar-refractivity contribution is 7.89. The second-order valence-electron chi connectivity index (χ2n) is 7.82. The van der Waals surface area contributed by atoms with E-state index in [0.29, 0.717) is 37.2 Å². The van der Waals surface area contributed by atoms with Gasteiger partial charge in [0.25, 0.3) is 0 Å². The molecule has 2 fully saturated rings. The third kappa shape index (κ3) is 4.64. The first kappa shape index (κ1) is 19.3. The number of nitrogens with one attached hydrogen (secondary N) is 1. The van der Waals surface area contributed by atoms with Crippen LogP contribution < -0.4 is 5.32 Å². The highest BCUT2D eigenvalue weighted by Gasteiger charge is 2.31. The predicted molar refractivity (Wildman–Crippen MR) is 102 cm³/mol. The molecule has 144 valence electrons. The molecule has 0 saturated carbocycles. The van der Waals surface area contributed by atoms with Crippen molar-refractivity contribution >= 4 is 21.6 Å². The zero-order valence-electron chi connectivity index (χ0n) is 15.6. The molecule has 0 aliphatic carbocycles. The molecule has 0 bridgehead atoms. The SMILES string of the molecule is C[C@@H]1C[C@H](C)CN(S(=O)(=O)c2ccc(NC(=O)CN3CCCC3)cc2)C1. The monoisotopic (exact) mass is 379 g/mol. The Morgan fingerprint density at radius 1 is 1.08 bits per heavy atom. The van der Waals surface area contributed by atoms with E-state index in [2.05, 4.69) is 24.1 Å². The number of amides is 1. The molecule has 2 saturated heterocycles. The summed E-state index contributed by atoms with van der Waals surface area (Å²) in [5.41, 5.74) is 0.633. The molecule has 3 rings (SSSR count). The Morgan fingerprint density at radius 2 is 1.65 bits per heavy atom. The van der Waals surface area contributed by atoms with Crippen LogP contribution in [0.1, 0.15) is 33.1 Å². The molecule has 2 aliphatic heterocycles. The van der Waals surface area contributed by atoms with Gasteiger partial charge in [0.2, 0.25) is 15.9 Å². The molecule has 2 atom stereocenters. The number of rotatable bonds is 5. The number of likely N-dealkylation sites (tertiary alicyclic amines) is 1. The van der Waals surface area contributed by atoms with E-state index in [1.165, 1.54) is 0 Å². The molecule has 0 aromatic heterocycles. The smallest absolute Gasteiger partial charge is 0.243 e. The van der Waals surface area contributed by atoms with E-state index in [1.54, 1.807) is 28.6 Å². The summed E-state index contributed by atoms with van der Waals surface area (Å²) in [6.45, 7) is 7.66. The first-order valence-corrected chi connectivity index (χ1v) is 10.9. The van der Waals surface area contributed by atoms with E-state index in [1.807, 2.05) is 0 Å². The quantitative estimate of drug-likeness (QED) is 0.853. The van der Waals surface area contributed by atoms with Crippen molar-refractivity contribution in [3.63, 3.8) is 0 Å². The summed E-state index contributed by atoms with van der Waals surface area (Å²) in [6.07, 6.45) is 3.36. The fraction of sp³-hybridized carbons (Fsp3) is 0.632. The molecular formula is C19H29N3O3S. The van der Waals surface area contributed by atoms with E-state index < -0.39 is 10.0 Å². The molecule has 26 heavy (non-hydrogen) atoms. The van der Waals surface area contributed by atoms with Gasteiger partial charge in [0.1, 0.15) is 0 Å². The van der Waals surface area contributed by atoms with Gasteiger partial charge in [-0.25, -0.2) is 8.42 Å². The molecule has 1 amide bonds. The fourth-order valence-electron chi connectivity index (χ4n) is 4.01. The highest BCUT2D eigenvalue weighted by atomic mass is 32.2. The van der Waals surface area contributed by atoms with Crippen molar-refractivity contribution in [1.29, 1.82) is 0 Å². The average Bonchev–Trinajstić information content (AvgIpc) is 3.07. The van der Waals surface area contributed by atoms with Crippen LogP contribution in [0.5, 0.6) is 0 Å². The Labute approximate surface area is 156 Å². The molecule has 0 spiro atoms. The molecule has 1 N–H and O–H groups in total. The van der Waals surface area contributed by atoms with Crippen molar-refractivity contribution in [2.75, 3.05) is 38.0 Å². The van der Waals surface area contributed by atoms with Crippen LogP contribution in [0.3, 0.4) is 0 Å². The van der Waals surface area contributed by atoms with E-state index in [0.717, 1.165) is 32.4 Å². The van der Waals surface area contributed by atoms with Crippen LogP contribution in [-0.2, 0) is 14.8 Å². The minimum absolute atomic E-state index is 0.0545. The Kier molecular flexibility index (Phi) is 5.99. The van der Waals surface area contributed by atoms with Gasteiger partial charge in [-0.3, -0.25) is 9.69 Å². The van der Waals surface area contributed by atoms with Gasteiger partial charge in [-0.15, -0.1) is 0 Å². The lowest BCUT2D eigenvalue weighted by Crippen LogP contribution is -2.42. The van der Waals surface area contributed by atoms with Crippen LogP contribution in [0.2, 0.25) is 0 Å². The normalized spacial score (nSPS) is 25.3. The Bertz CT molecular complexity index is 717. The number of carbonyl (C=O) groups is 1. The van der Waals surface area contributed by atoms with Crippen molar-refractivity contribution in [2.45, 2.75) is 38.0 Å². The number of piperidine rings is 1. The van der Waals surface area contributed by atoms with Gasteiger partial charge in [-0.05, 0) is 68.5 Å². The Balaban J connectivity index is 1.63. The molecule has 2 heterocycles. The van der Waals surface area contributed by atoms with Gasteiger partial charge in [-0.1, -0.05) is 13.8 Å². The standard InChI is InChI=1S/C19H29N3O3S/c1-15-11-16(2)13-22(12-15)26(24,25)18-7-5-17(6-8-18)20-19(23)14-21-9-3-4-10-21/h5-8,15-16H,3-4,9-14H2,1-2H3,(H,20,23)/t15-,16+. The van der Waals surface area contributed by atoms with Crippen molar-refractivity contribution in [3.05, 3.63) is 24.3 Å². The molecule has 2 aliphatic rings.